The molecule has 1 N–H and O–H groups in total. The van der Waals surface area contributed by atoms with Gasteiger partial charge in [-0.3, -0.25) is 9.59 Å². The number of hydrogen-bond donors (Lipinski definition) is 1. The molecule has 25 heavy (non-hydrogen) atoms. The van der Waals surface area contributed by atoms with Gasteiger partial charge in [-0.2, -0.15) is 5.26 Å². The molecule has 5 nitrogen and oxygen atoms in total. The van der Waals surface area contributed by atoms with Gasteiger partial charge in [0.05, 0.1) is 23.6 Å². The summed E-state index contributed by atoms with van der Waals surface area (Å²) in [4.78, 5) is 26.3. The fourth-order valence-corrected chi connectivity index (χ4v) is 3.12. The highest BCUT2D eigenvalue weighted by Crippen LogP contribution is 2.37. The molecule has 2 aromatic rings. The molecule has 1 heterocycles. The lowest BCUT2D eigenvalue weighted by Gasteiger charge is -2.25. The molecular weight excluding hydrogens is 321 g/mol. The highest BCUT2D eigenvalue weighted by Gasteiger charge is 2.42. The van der Waals surface area contributed by atoms with Gasteiger partial charge in [0.2, 0.25) is 11.8 Å². The Bertz CT molecular complexity index is 858. The average Bonchev–Trinajstić information content (AvgIpc) is 2.91. The van der Waals surface area contributed by atoms with E-state index in [-0.39, 0.29) is 24.1 Å². The van der Waals surface area contributed by atoms with E-state index in [1.807, 2.05) is 6.07 Å². The molecule has 2 aromatic carbocycles. The quantitative estimate of drug-likeness (QED) is 0.936. The van der Waals surface area contributed by atoms with Gasteiger partial charge in [-0.15, -0.1) is 0 Å². The summed E-state index contributed by atoms with van der Waals surface area (Å²) in [6.45, 7) is 0. The lowest BCUT2D eigenvalue weighted by Crippen LogP contribution is -2.30. The van der Waals surface area contributed by atoms with Crippen LogP contribution in [0.5, 0.6) is 0 Å². The van der Waals surface area contributed by atoms with E-state index in [4.69, 9.17) is 5.26 Å². The number of carbonyl (C=O) groups is 2. The Hall–Kier alpha value is -3.20. The van der Waals surface area contributed by atoms with Crippen LogP contribution in [0.25, 0.3) is 0 Å². The second-order valence-corrected chi connectivity index (χ2v) is 5.99. The number of hydrogen-bond acceptors (Lipinski definition) is 3. The van der Waals surface area contributed by atoms with Crippen LogP contribution in [0.15, 0.2) is 48.5 Å². The fourth-order valence-electron chi connectivity index (χ4n) is 3.12. The van der Waals surface area contributed by atoms with E-state index in [1.54, 1.807) is 43.4 Å². The van der Waals surface area contributed by atoms with Gasteiger partial charge < -0.3 is 10.2 Å². The Morgan fingerprint density at radius 1 is 1.28 bits per heavy atom. The molecule has 1 saturated heterocycles. The monoisotopic (exact) mass is 337 g/mol. The van der Waals surface area contributed by atoms with Crippen LogP contribution in [0.3, 0.4) is 0 Å². The first kappa shape index (κ1) is 16.7. The highest BCUT2D eigenvalue weighted by molar-refractivity contribution is 5.98. The number of nitrogens with one attached hydrogen (secondary N) is 1. The first-order chi connectivity index (χ1) is 12.0. The van der Waals surface area contributed by atoms with E-state index in [0.29, 0.717) is 16.8 Å². The number of carbonyl (C=O) groups excluding carboxylic acids is 2. The number of amides is 2. The van der Waals surface area contributed by atoms with Crippen LogP contribution in [0.2, 0.25) is 0 Å². The van der Waals surface area contributed by atoms with Crippen molar-refractivity contribution in [2.45, 2.75) is 12.5 Å². The third-order valence-electron chi connectivity index (χ3n) is 4.39. The first-order valence-corrected chi connectivity index (χ1v) is 7.82. The lowest BCUT2D eigenvalue weighted by atomic mass is 9.92. The smallest absolute Gasteiger partial charge is 0.230 e. The molecule has 0 spiro atoms. The number of likely N-dealkylation sites (tertiary alicyclic amines) is 1. The molecule has 1 aliphatic rings. The van der Waals surface area contributed by atoms with E-state index in [2.05, 4.69) is 5.32 Å². The van der Waals surface area contributed by atoms with Gasteiger partial charge in [0.1, 0.15) is 5.82 Å². The number of rotatable bonds is 3. The second kappa shape index (κ2) is 6.73. The maximum absolute atomic E-state index is 13.2. The largest absolute Gasteiger partial charge is 0.338 e. The van der Waals surface area contributed by atoms with Crippen molar-refractivity contribution in [2.75, 3.05) is 12.4 Å². The fraction of sp³-hybridized carbons (Fsp3) is 0.211. The van der Waals surface area contributed by atoms with Crippen LogP contribution in [0.4, 0.5) is 10.1 Å². The summed E-state index contributed by atoms with van der Waals surface area (Å²) in [5.41, 5.74) is 1.65. The molecule has 6 heteroatoms. The molecule has 126 valence electrons. The maximum atomic E-state index is 13.2. The van der Waals surface area contributed by atoms with Crippen molar-refractivity contribution in [1.29, 1.82) is 5.26 Å². The molecule has 1 aliphatic heterocycles. The summed E-state index contributed by atoms with van der Waals surface area (Å²) >= 11 is 0. The second-order valence-electron chi connectivity index (χ2n) is 5.99. The third kappa shape index (κ3) is 3.36. The SMILES string of the molecule is CN1C(=O)C[C@H](C(=O)Nc2cccc(C#N)c2)[C@@H]1c1ccc(F)cc1. The van der Waals surface area contributed by atoms with Gasteiger partial charge in [-0.05, 0) is 35.9 Å². The summed E-state index contributed by atoms with van der Waals surface area (Å²) in [5.74, 6) is -1.40. The molecule has 0 bridgehead atoms. The topological polar surface area (TPSA) is 73.2 Å². The molecule has 3 rings (SSSR count). The normalized spacial score (nSPS) is 19.6. The number of anilines is 1. The van der Waals surface area contributed by atoms with E-state index in [0.717, 1.165) is 0 Å². The zero-order valence-electron chi connectivity index (χ0n) is 13.6. The lowest BCUT2D eigenvalue weighted by molar-refractivity contribution is -0.127. The van der Waals surface area contributed by atoms with Gasteiger partial charge in [-0.25, -0.2) is 4.39 Å². The molecule has 1 fully saturated rings. The number of halogens is 1. The molecular formula is C19H16FN3O2. The zero-order valence-corrected chi connectivity index (χ0v) is 13.6. The van der Waals surface area contributed by atoms with Crippen molar-refractivity contribution in [3.8, 4) is 6.07 Å². The van der Waals surface area contributed by atoms with Crippen molar-refractivity contribution >= 4 is 17.5 Å². The van der Waals surface area contributed by atoms with Gasteiger partial charge in [0.25, 0.3) is 0 Å². The minimum Gasteiger partial charge on any atom is -0.338 e. The van der Waals surface area contributed by atoms with Gasteiger partial charge >= 0.3 is 0 Å². The summed E-state index contributed by atoms with van der Waals surface area (Å²) in [5, 5.41) is 11.7. The molecule has 0 radical (unpaired) electrons. The van der Waals surface area contributed by atoms with Crippen LogP contribution in [0, 0.1) is 23.1 Å². The van der Waals surface area contributed by atoms with E-state index < -0.39 is 12.0 Å². The zero-order chi connectivity index (χ0) is 18.0. The van der Waals surface area contributed by atoms with Crippen molar-refractivity contribution in [2.24, 2.45) is 5.92 Å². The Balaban J connectivity index is 1.85. The van der Waals surface area contributed by atoms with Crippen LogP contribution < -0.4 is 5.32 Å². The van der Waals surface area contributed by atoms with Crippen molar-refractivity contribution in [3.63, 3.8) is 0 Å². The van der Waals surface area contributed by atoms with Crippen LogP contribution in [0.1, 0.15) is 23.6 Å². The Labute approximate surface area is 144 Å². The highest BCUT2D eigenvalue weighted by atomic mass is 19.1. The molecule has 2 atom stereocenters. The summed E-state index contributed by atoms with van der Waals surface area (Å²) in [6, 6.07) is 14.0. The average molecular weight is 337 g/mol. The number of nitriles is 1. The van der Waals surface area contributed by atoms with Crippen LogP contribution >= 0.6 is 0 Å². The molecule has 0 unspecified atom stereocenters. The van der Waals surface area contributed by atoms with E-state index in [9.17, 15) is 14.0 Å². The summed E-state index contributed by atoms with van der Waals surface area (Å²) < 4.78 is 13.2. The van der Waals surface area contributed by atoms with Crippen LogP contribution in [-0.2, 0) is 9.59 Å². The summed E-state index contributed by atoms with van der Waals surface area (Å²) in [7, 11) is 1.64. The molecule has 2 amide bonds. The number of nitrogens with zero attached hydrogens (tertiary/aromatic N) is 2. The van der Waals surface area contributed by atoms with Crippen LogP contribution in [-0.4, -0.2) is 23.8 Å². The Morgan fingerprint density at radius 2 is 2.00 bits per heavy atom. The summed E-state index contributed by atoms with van der Waals surface area (Å²) in [6.07, 6.45) is 0.0856. The third-order valence-corrected chi connectivity index (χ3v) is 4.39. The van der Waals surface area contributed by atoms with Crippen molar-refractivity contribution in [3.05, 3.63) is 65.5 Å². The maximum Gasteiger partial charge on any atom is 0.230 e. The predicted octanol–water partition coefficient (Wildman–Crippen LogP) is 2.86. The standard InChI is InChI=1S/C19H16FN3O2/c1-23-17(24)10-16(18(23)13-5-7-14(20)8-6-13)19(25)22-15-4-2-3-12(9-15)11-21/h2-9,16,18H,10H2,1H3,(H,22,25)/t16-,18-/m0/s1. The minimum absolute atomic E-state index is 0.0856. The van der Waals surface area contributed by atoms with E-state index >= 15 is 0 Å². The van der Waals surface area contributed by atoms with E-state index in [1.165, 1.54) is 17.0 Å². The Morgan fingerprint density at radius 3 is 2.68 bits per heavy atom. The number of benzene rings is 2. The van der Waals surface area contributed by atoms with Gasteiger partial charge in [-0.1, -0.05) is 18.2 Å². The van der Waals surface area contributed by atoms with Crippen molar-refractivity contribution < 1.29 is 14.0 Å². The molecule has 0 aliphatic carbocycles. The molecule has 0 aromatic heterocycles. The Kier molecular flexibility index (Phi) is 4.48. The minimum atomic E-state index is -0.589. The first-order valence-electron chi connectivity index (χ1n) is 7.82. The predicted molar refractivity (Wildman–Crippen MR) is 89.8 cm³/mol. The molecule has 0 saturated carbocycles. The van der Waals surface area contributed by atoms with Crippen molar-refractivity contribution in [1.82, 2.24) is 4.90 Å². The van der Waals surface area contributed by atoms with Gasteiger partial charge in [0, 0.05) is 19.2 Å². The van der Waals surface area contributed by atoms with Gasteiger partial charge in [0.15, 0.2) is 0 Å².